The Balaban J connectivity index is 1.77. The summed E-state index contributed by atoms with van der Waals surface area (Å²) in [5.74, 6) is 2.11. The monoisotopic (exact) mass is 368 g/mol. The molecule has 1 N–H and O–H groups in total. The number of hydrogen-bond donors (Lipinski definition) is 1. The maximum Gasteiger partial charge on any atom is 0.216 e. The number of aryl methyl sites for hydroxylation is 1. The van der Waals surface area contributed by atoms with Crippen LogP contribution in [0.4, 0.5) is 0 Å². The third-order valence-electron chi connectivity index (χ3n) is 3.78. The Kier molecular flexibility index (Phi) is 5.80. The molecule has 0 aliphatic heterocycles. The quantitative estimate of drug-likeness (QED) is 0.506. The number of H-pyrrole nitrogens is 1. The van der Waals surface area contributed by atoms with Gasteiger partial charge < -0.3 is 9.47 Å². The van der Waals surface area contributed by atoms with Gasteiger partial charge in [-0.15, -0.1) is 0 Å². The first kappa shape index (κ1) is 17.9. The van der Waals surface area contributed by atoms with E-state index in [0.717, 1.165) is 23.4 Å². The molecule has 7 heteroatoms. The van der Waals surface area contributed by atoms with Crippen LogP contribution in [0, 0.1) is 4.77 Å². The van der Waals surface area contributed by atoms with E-state index in [-0.39, 0.29) is 0 Å². The summed E-state index contributed by atoms with van der Waals surface area (Å²) in [4.78, 5) is 0. The first-order valence-electron chi connectivity index (χ1n) is 8.26. The predicted octanol–water partition coefficient (Wildman–Crippen LogP) is 3.97. The number of nitrogens with one attached hydrogen (secondary N) is 1. The number of nitrogens with zero attached hydrogens (tertiary/aromatic N) is 3. The average Bonchev–Trinajstić information content (AvgIpc) is 3.05. The van der Waals surface area contributed by atoms with Crippen molar-refractivity contribution < 1.29 is 9.47 Å². The summed E-state index contributed by atoms with van der Waals surface area (Å²) in [6.45, 7) is 2.48. The highest BCUT2D eigenvalue weighted by Crippen LogP contribution is 2.28. The second kappa shape index (κ2) is 8.44. The van der Waals surface area contributed by atoms with E-state index >= 15 is 0 Å². The van der Waals surface area contributed by atoms with Crippen molar-refractivity contribution >= 4 is 18.4 Å². The number of aromatic nitrogens is 3. The zero-order chi connectivity index (χ0) is 18.4. The Morgan fingerprint density at radius 3 is 2.73 bits per heavy atom. The fourth-order valence-electron chi connectivity index (χ4n) is 2.42. The molecule has 0 amide bonds. The van der Waals surface area contributed by atoms with Crippen molar-refractivity contribution in [1.82, 2.24) is 14.9 Å². The summed E-state index contributed by atoms with van der Waals surface area (Å²) in [6, 6.07) is 15.7. The summed E-state index contributed by atoms with van der Waals surface area (Å²) in [5, 5.41) is 11.3. The molecule has 6 nitrogen and oxygen atoms in total. The van der Waals surface area contributed by atoms with Gasteiger partial charge in [0.15, 0.2) is 17.3 Å². The SMILES string of the molecule is CCc1n[nH]c(=S)n1/N=C\c1ccc(OCc2ccccc2)c(OC)c1. The highest BCUT2D eigenvalue weighted by Gasteiger charge is 2.06. The highest BCUT2D eigenvalue weighted by molar-refractivity contribution is 7.71. The molecule has 0 aliphatic rings. The van der Waals surface area contributed by atoms with Gasteiger partial charge in [0.05, 0.1) is 13.3 Å². The molecule has 2 aromatic carbocycles. The number of hydrogen-bond acceptors (Lipinski definition) is 5. The van der Waals surface area contributed by atoms with Crippen molar-refractivity contribution in [3.05, 3.63) is 70.3 Å². The van der Waals surface area contributed by atoms with Gasteiger partial charge >= 0.3 is 0 Å². The Morgan fingerprint density at radius 2 is 2.00 bits per heavy atom. The molecule has 1 heterocycles. The number of methoxy groups -OCH3 is 1. The molecular weight excluding hydrogens is 348 g/mol. The van der Waals surface area contributed by atoms with Crippen molar-refractivity contribution in [2.24, 2.45) is 5.10 Å². The molecule has 0 bridgehead atoms. The van der Waals surface area contributed by atoms with Gasteiger partial charge in [-0.25, -0.2) is 0 Å². The van der Waals surface area contributed by atoms with Crippen molar-refractivity contribution in [2.45, 2.75) is 20.0 Å². The largest absolute Gasteiger partial charge is 0.493 e. The average molecular weight is 368 g/mol. The lowest BCUT2D eigenvalue weighted by molar-refractivity contribution is 0.284. The number of aromatic amines is 1. The molecule has 0 saturated heterocycles. The summed E-state index contributed by atoms with van der Waals surface area (Å²) in [5.41, 5.74) is 1.97. The molecule has 0 saturated carbocycles. The number of rotatable bonds is 7. The van der Waals surface area contributed by atoms with Crippen LogP contribution in [0.15, 0.2) is 53.6 Å². The van der Waals surface area contributed by atoms with Gasteiger partial charge in [0.25, 0.3) is 0 Å². The normalized spacial score (nSPS) is 11.0. The second-order valence-electron chi connectivity index (χ2n) is 5.54. The molecular formula is C19H20N4O2S. The van der Waals surface area contributed by atoms with E-state index < -0.39 is 0 Å². The molecule has 26 heavy (non-hydrogen) atoms. The molecule has 3 rings (SSSR count). The Morgan fingerprint density at radius 1 is 1.19 bits per heavy atom. The zero-order valence-electron chi connectivity index (χ0n) is 14.7. The number of benzene rings is 2. The van der Waals surface area contributed by atoms with E-state index in [9.17, 15) is 0 Å². The maximum atomic E-state index is 5.87. The van der Waals surface area contributed by atoms with Gasteiger partial charge in [0, 0.05) is 6.42 Å². The lowest BCUT2D eigenvalue weighted by Crippen LogP contribution is -1.99. The van der Waals surface area contributed by atoms with Crippen LogP contribution in [-0.2, 0) is 13.0 Å². The second-order valence-corrected chi connectivity index (χ2v) is 5.93. The van der Waals surface area contributed by atoms with Gasteiger partial charge in [-0.3, -0.25) is 5.10 Å². The molecule has 0 aliphatic carbocycles. The van der Waals surface area contributed by atoms with Crippen LogP contribution in [0.2, 0.25) is 0 Å². The minimum Gasteiger partial charge on any atom is -0.493 e. The van der Waals surface area contributed by atoms with E-state index in [1.54, 1.807) is 18.0 Å². The Bertz CT molecular complexity index is 948. The van der Waals surface area contributed by atoms with Crippen LogP contribution in [0.1, 0.15) is 23.9 Å². The first-order valence-corrected chi connectivity index (χ1v) is 8.67. The predicted molar refractivity (Wildman–Crippen MR) is 104 cm³/mol. The van der Waals surface area contributed by atoms with Crippen molar-refractivity contribution in [2.75, 3.05) is 7.11 Å². The van der Waals surface area contributed by atoms with Gasteiger partial charge in [0.1, 0.15) is 6.61 Å². The molecule has 0 atom stereocenters. The van der Waals surface area contributed by atoms with Crippen LogP contribution in [0.25, 0.3) is 0 Å². The number of ether oxygens (including phenoxy) is 2. The zero-order valence-corrected chi connectivity index (χ0v) is 15.5. The fraction of sp³-hybridized carbons (Fsp3) is 0.211. The highest BCUT2D eigenvalue weighted by atomic mass is 32.1. The minimum absolute atomic E-state index is 0.466. The summed E-state index contributed by atoms with van der Waals surface area (Å²) < 4.78 is 13.4. The van der Waals surface area contributed by atoms with Crippen LogP contribution < -0.4 is 9.47 Å². The minimum atomic E-state index is 0.466. The smallest absolute Gasteiger partial charge is 0.216 e. The topological polar surface area (TPSA) is 64.4 Å². The maximum absolute atomic E-state index is 5.87. The lowest BCUT2D eigenvalue weighted by Gasteiger charge is -2.11. The molecule has 0 fully saturated rings. The van der Waals surface area contributed by atoms with Crippen molar-refractivity contribution in [3.63, 3.8) is 0 Å². The third-order valence-corrected chi connectivity index (χ3v) is 4.05. The van der Waals surface area contributed by atoms with Gasteiger partial charge in [-0.2, -0.15) is 14.9 Å². The van der Waals surface area contributed by atoms with Crippen molar-refractivity contribution in [1.29, 1.82) is 0 Å². The summed E-state index contributed by atoms with van der Waals surface area (Å²) in [6.07, 6.45) is 2.45. The molecule has 134 valence electrons. The molecule has 0 spiro atoms. The van der Waals surface area contributed by atoms with E-state index in [2.05, 4.69) is 15.3 Å². The lowest BCUT2D eigenvalue weighted by atomic mass is 10.2. The fourth-order valence-corrected chi connectivity index (χ4v) is 2.61. The Hall–Kier alpha value is -2.93. The van der Waals surface area contributed by atoms with Gasteiger partial charge in [-0.1, -0.05) is 37.3 Å². The summed E-state index contributed by atoms with van der Waals surface area (Å²) in [7, 11) is 1.62. The first-order chi connectivity index (χ1) is 12.7. The van der Waals surface area contributed by atoms with E-state index in [1.807, 2.05) is 55.5 Å². The Labute approximate surface area is 157 Å². The van der Waals surface area contributed by atoms with Crippen LogP contribution in [0.3, 0.4) is 0 Å². The molecule has 1 aromatic heterocycles. The van der Waals surface area contributed by atoms with Crippen LogP contribution >= 0.6 is 12.2 Å². The molecule has 3 aromatic rings. The van der Waals surface area contributed by atoms with E-state index in [0.29, 0.717) is 22.9 Å². The van der Waals surface area contributed by atoms with Gasteiger partial charge in [0.2, 0.25) is 4.77 Å². The van der Waals surface area contributed by atoms with Crippen molar-refractivity contribution in [3.8, 4) is 11.5 Å². The summed E-state index contributed by atoms with van der Waals surface area (Å²) >= 11 is 5.19. The van der Waals surface area contributed by atoms with E-state index in [4.69, 9.17) is 21.7 Å². The molecule has 0 unspecified atom stereocenters. The van der Waals surface area contributed by atoms with Gasteiger partial charge in [-0.05, 0) is 41.5 Å². The van der Waals surface area contributed by atoms with Crippen LogP contribution in [-0.4, -0.2) is 28.2 Å². The standard InChI is InChI=1S/C19H20N4O2S/c1-3-18-21-22-19(26)23(18)20-12-15-9-10-16(17(11-15)24-2)25-13-14-7-5-4-6-8-14/h4-12H,3,13H2,1-2H3,(H,22,26)/b20-12-. The van der Waals surface area contributed by atoms with E-state index in [1.165, 1.54) is 0 Å². The molecule has 0 radical (unpaired) electrons. The third kappa shape index (κ3) is 4.18. The van der Waals surface area contributed by atoms with Crippen LogP contribution in [0.5, 0.6) is 11.5 Å².